The van der Waals surface area contributed by atoms with Crippen molar-refractivity contribution in [1.82, 2.24) is 30.4 Å². The van der Waals surface area contributed by atoms with Crippen LogP contribution in [0.3, 0.4) is 0 Å². The van der Waals surface area contributed by atoms with E-state index >= 15 is 0 Å². The Kier molecular flexibility index (Phi) is 4.93. The largest absolute Gasteiger partial charge is 0.458 e. The van der Waals surface area contributed by atoms with Crippen molar-refractivity contribution in [3.63, 3.8) is 0 Å². The van der Waals surface area contributed by atoms with Crippen molar-refractivity contribution in [2.24, 2.45) is 0 Å². The van der Waals surface area contributed by atoms with Crippen molar-refractivity contribution in [2.45, 2.75) is 26.8 Å². The summed E-state index contributed by atoms with van der Waals surface area (Å²) in [5, 5.41) is 13.7. The first-order valence-electron chi connectivity index (χ1n) is 9.21. The number of hydrogen-bond donors (Lipinski definition) is 3. The number of nitrogens with zero attached hydrogens (tertiary/aromatic N) is 4. The molecule has 4 heterocycles. The number of furan rings is 1. The molecule has 0 spiro atoms. The molecule has 1 aliphatic rings. The fourth-order valence-electron chi connectivity index (χ4n) is 2.99. The van der Waals surface area contributed by atoms with E-state index in [1.54, 1.807) is 10.7 Å². The summed E-state index contributed by atoms with van der Waals surface area (Å²) in [5.74, 6) is 2.50. The molecule has 0 radical (unpaired) electrons. The second-order valence-corrected chi connectivity index (χ2v) is 6.97. The molecule has 3 aromatic rings. The van der Waals surface area contributed by atoms with Gasteiger partial charge in [-0.15, -0.1) is 0 Å². The first-order valence-corrected chi connectivity index (χ1v) is 9.21. The number of carbonyl (C=O) groups excluding carboxylic acids is 1. The normalized spacial score (nSPS) is 14.1. The molecule has 3 aromatic heterocycles. The van der Waals surface area contributed by atoms with Crippen LogP contribution in [0.15, 0.2) is 28.7 Å². The van der Waals surface area contributed by atoms with E-state index in [-0.39, 0.29) is 12.5 Å². The highest BCUT2D eigenvalue weighted by molar-refractivity contribution is 5.91. The highest BCUT2D eigenvalue weighted by Crippen LogP contribution is 2.22. The minimum absolute atomic E-state index is 0.161. The van der Waals surface area contributed by atoms with E-state index in [9.17, 15) is 4.79 Å². The quantitative estimate of drug-likeness (QED) is 0.591. The molecule has 1 amide bonds. The Morgan fingerprint density at radius 2 is 2.07 bits per heavy atom. The van der Waals surface area contributed by atoms with Crippen LogP contribution in [-0.4, -0.2) is 51.3 Å². The SMILES string of the molecule is Cc1cc(C)n(-c2cc(NC(=O)CNC3CNC3)nc(-c3ccc(C)o3)n2)n1. The number of aromatic nitrogens is 4. The minimum Gasteiger partial charge on any atom is -0.458 e. The maximum Gasteiger partial charge on any atom is 0.239 e. The van der Waals surface area contributed by atoms with Crippen LogP contribution >= 0.6 is 0 Å². The number of aryl methyl sites for hydroxylation is 3. The van der Waals surface area contributed by atoms with Gasteiger partial charge in [-0.25, -0.2) is 14.6 Å². The van der Waals surface area contributed by atoms with Gasteiger partial charge in [0.1, 0.15) is 11.6 Å². The topological polar surface area (TPSA) is 110 Å². The molecule has 0 atom stereocenters. The molecule has 0 aromatic carbocycles. The molecule has 1 saturated heterocycles. The summed E-state index contributed by atoms with van der Waals surface area (Å²) in [5.41, 5.74) is 1.82. The number of nitrogens with one attached hydrogen (secondary N) is 3. The Morgan fingerprint density at radius 3 is 2.68 bits per heavy atom. The summed E-state index contributed by atoms with van der Waals surface area (Å²) in [4.78, 5) is 21.4. The molecule has 0 saturated carbocycles. The molecule has 3 N–H and O–H groups in total. The van der Waals surface area contributed by atoms with Crippen LogP contribution in [0.4, 0.5) is 5.82 Å². The van der Waals surface area contributed by atoms with E-state index in [1.165, 1.54) is 0 Å². The van der Waals surface area contributed by atoms with Gasteiger partial charge < -0.3 is 20.4 Å². The number of amides is 1. The number of hydrogen-bond acceptors (Lipinski definition) is 7. The summed E-state index contributed by atoms with van der Waals surface area (Å²) >= 11 is 0. The lowest BCUT2D eigenvalue weighted by molar-refractivity contribution is -0.115. The van der Waals surface area contributed by atoms with Crippen molar-refractivity contribution < 1.29 is 9.21 Å². The molecule has 1 aliphatic heterocycles. The zero-order valence-corrected chi connectivity index (χ0v) is 16.1. The van der Waals surface area contributed by atoms with Gasteiger partial charge in [-0.2, -0.15) is 5.10 Å². The zero-order valence-electron chi connectivity index (χ0n) is 16.1. The summed E-state index contributed by atoms with van der Waals surface area (Å²) in [6.45, 7) is 7.72. The second-order valence-electron chi connectivity index (χ2n) is 6.97. The number of carbonyl (C=O) groups is 1. The Balaban J connectivity index is 1.63. The fourth-order valence-corrected chi connectivity index (χ4v) is 2.99. The maximum atomic E-state index is 12.3. The van der Waals surface area contributed by atoms with Crippen LogP contribution in [-0.2, 0) is 4.79 Å². The Morgan fingerprint density at radius 1 is 1.25 bits per heavy atom. The third-order valence-corrected chi connectivity index (χ3v) is 4.50. The predicted molar refractivity (Wildman–Crippen MR) is 104 cm³/mol. The monoisotopic (exact) mass is 381 g/mol. The molecule has 9 heteroatoms. The highest BCUT2D eigenvalue weighted by atomic mass is 16.3. The molecule has 146 valence electrons. The van der Waals surface area contributed by atoms with Gasteiger partial charge in [0.15, 0.2) is 17.4 Å². The molecule has 9 nitrogen and oxygen atoms in total. The van der Waals surface area contributed by atoms with E-state index in [0.717, 1.165) is 30.2 Å². The van der Waals surface area contributed by atoms with E-state index in [0.29, 0.717) is 29.3 Å². The van der Waals surface area contributed by atoms with Gasteiger partial charge in [0.2, 0.25) is 5.91 Å². The van der Waals surface area contributed by atoms with Gasteiger partial charge in [-0.1, -0.05) is 0 Å². The van der Waals surface area contributed by atoms with Gasteiger partial charge in [-0.05, 0) is 39.0 Å². The first kappa shape index (κ1) is 18.3. The van der Waals surface area contributed by atoms with Crippen LogP contribution in [0.5, 0.6) is 0 Å². The predicted octanol–water partition coefficient (Wildman–Crippen LogP) is 1.35. The summed E-state index contributed by atoms with van der Waals surface area (Å²) in [6, 6.07) is 7.67. The standard InChI is InChI=1S/C19H23N7O2/c1-11-6-12(2)26(25-11)17-7-16(22-18(27)10-21-14-8-20-9-14)23-19(24-17)15-5-4-13(3)28-15/h4-7,14,20-21H,8-10H2,1-3H3,(H,22,23,24,27). The van der Waals surface area contributed by atoms with Crippen LogP contribution in [0.25, 0.3) is 17.4 Å². The van der Waals surface area contributed by atoms with Crippen molar-refractivity contribution in [2.75, 3.05) is 25.0 Å². The third-order valence-electron chi connectivity index (χ3n) is 4.50. The summed E-state index contributed by atoms with van der Waals surface area (Å²) in [6.07, 6.45) is 0. The molecule has 4 rings (SSSR count). The van der Waals surface area contributed by atoms with Gasteiger partial charge in [0.05, 0.1) is 12.2 Å². The van der Waals surface area contributed by atoms with Crippen molar-refractivity contribution in [3.8, 4) is 17.4 Å². The van der Waals surface area contributed by atoms with Gasteiger partial charge in [0, 0.05) is 30.9 Å². The lowest BCUT2D eigenvalue weighted by Crippen LogP contribution is -2.56. The van der Waals surface area contributed by atoms with E-state index < -0.39 is 0 Å². The van der Waals surface area contributed by atoms with Crippen LogP contribution in [0.2, 0.25) is 0 Å². The number of anilines is 1. The highest BCUT2D eigenvalue weighted by Gasteiger charge is 2.18. The van der Waals surface area contributed by atoms with E-state index in [2.05, 4.69) is 31.0 Å². The first-order chi connectivity index (χ1) is 13.5. The summed E-state index contributed by atoms with van der Waals surface area (Å²) in [7, 11) is 0. The lowest BCUT2D eigenvalue weighted by Gasteiger charge is -2.27. The van der Waals surface area contributed by atoms with Crippen LogP contribution < -0.4 is 16.0 Å². The molecule has 28 heavy (non-hydrogen) atoms. The van der Waals surface area contributed by atoms with Crippen molar-refractivity contribution in [1.29, 1.82) is 0 Å². The second kappa shape index (κ2) is 7.53. The smallest absolute Gasteiger partial charge is 0.239 e. The fraction of sp³-hybridized carbons (Fsp3) is 0.368. The Bertz CT molecular complexity index is 1000. The zero-order chi connectivity index (χ0) is 19.7. The molecule has 0 bridgehead atoms. The van der Waals surface area contributed by atoms with Crippen LogP contribution in [0, 0.1) is 20.8 Å². The third kappa shape index (κ3) is 3.95. The van der Waals surface area contributed by atoms with E-state index in [4.69, 9.17) is 4.42 Å². The Hall–Kier alpha value is -3.04. The average Bonchev–Trinajstić information content (AvgIpc) is 3.18. The van der Waals surface area contributed by atoms with Gasteiger partial charge >= 0.3 is 0 Å². The molecular weight excluding hydrogens is 358 g/mol. The average molecular weight is 381 g/mol. The molecule has 0 aliphatic carbocycles. The molecule has 1 fully saturated rings. The van der Waals surface area contributed by atoms with Crippen molar-refractivity contribution in [3.05, 3.63) is 41.4 Å². The van der Waals surface area contributed by atoms with Crippen molar-refractivity contribution >= 4 is 11.7 Å². The number of rotatable bonds is 6. The summed E-state index contributed by atoms with van der Waals surface area (Å²) < 4.78 is 7.40. The van der Waals surface area contributed by atoms with E-state index in [1.807, 2.05) is 39.0 Å². The van der Waals surface area contributed by atoms with Gasteiger partial charge in [-0.3, -0.25) is 4.79 Å². The minimum atomic E-state index is -0.161. The molecule has 0 unspecified atom stereocenters. The molecular formula is C19H23N7O2. The Labute approximate surface area is 162 Å². The van der Waals surface area contributed by atoms with Gasteiger partial charge in [0.25, 0.3) is 0 Å². The lowest BCUT2D eigenvalue weighted by atomic mass is 10.2. The van der Waals surface area contributed by atoms with Crippen LogP contribution in [0.1, 0.15) is 17.1 Å². The maximum absolute atomic E-state index is 12.3.